The van der Waals surface area contributed by atoms with Gasteiger partial charge in [-0.15, -0.1) is 0 Å². The molecule has 0 radical (unpaired) electrons. The monoisotopic (exact) mass is 294 g/mol. The Morgan fingerprint density at radius 2 is 2.11 bits per heavy atom. The minimum atomic E-state index is -3.56. The van der Waals surface area contributed by atoms with E-state index in [4.69, 9.17) is 4.74 Å². The Balaban J connectivity index is 2.66. The van der Waals surface area contributed by atoms with Gasteiger partial charge in [0.25, 0.3) is 10.2 Å². The molecule has 1 aliphatic heterocycles. The zero-order chi connectivity index (χ0) is 14.7. The molecule has 0 N–H and O–H groups in total. The average molecular weight is 294 g/mol. The van der Waals surface area contributed by atoms with Crippen LogP contribution in [0, 0.1) is 0 Å². The molecule has 1 aliphatic rings. The highest BCUT2D eigenvalue weighted by Gasteiger charge is 2.36. The van der Waals surface area contributed by atoms with Gasteiger partial charge >= 0.3 is 5.97 Å². The van der Waals surface area contributed by atoms with Gasteiger partial charge in [-0.05, 0) is 13.8 Å². The van der Waals surface area contributed by atoms with E-state index in [-0.39, 0.29) is 13.0 Å². The van der Waals surface area contributed by atoms with Crippen molar-refractivity contribution < 1.29 is 22.7 Å². The predicted octanol–water partition coefficient (Wildman–Crippen LogP) is -0.163. The molecule has 19 heavy (non-hydrogen) atoms. The van der Waals surface area contributed by atoms with Gasteiger partial charge in [0.1, 0.15) is 0 Å². The topological polar surface area (TPSA) is 76.2 Å². The molecule has 8 heteroatoms. The van der Waals surface area contributed by atoms with E-state index < -0.39 is 21.8 Å². The van der Waals surface area contributed by atoms with E-state index in [1.807, 2.05) is 13.8 Å². The molecule has 0 aromatic rings. The normalized spacial score (nSPS) is 20.5. The number of carbonyl (C=O) groups is 1. The molecule has 7 nitrogen and oxygen atoms in total. The van der Waals surface area contributed by atoms with Gasteiger partial charge in [-0.2, -0.15) is 17.0 Å². The Kier molecular flexibility index (Phi) is 5.31. The highest BCUT2D eigenvalue weighted by atomic mass is 32.2. The highest BCUT2D eigenvalue weighted by Crippen LogP contribution is 2.20. The molecule has 112 valence electrons. The molecule has 1 heterocycles. The van der Waals surface area contributed by atoms with Crippen molar-refractivity contribution in [1.29, 1.82) is 0 Å². The molecule has 0 atom stereocenters. The van der Waals surface area contributed by atoms with Crippen LogP contribution in [0.4, 0.5) is 0 Å². The molecule has 0 aromatic heterocycles. The lowest BCUT2D eigenvalue weighted by Crippen LogP contribution is -2.54. The molecule has 1 saturated heterocycles. The van der Waals surface area contributed by atoms with E-state index >= 15 is 0 Å². The molecule has 0 aliphatic carbocycles. The third-order valence-electron chi connectivity index (χ3n) is 2.97. The maximum atomic E-state index is 12.3. The summed E-state index contributed by atoms with van der Waals surface area (Å²) in [6.45, 7) is 4.81. The van der Waals surface area contributed by atoms with E-state index in [9.17, 15) is 13.2 Å². The standard InChI is InChI=1S/C11H22N2O5S/c1-11(2)9-13(7-8-18-11)19(15,16)12(3)6-5-10(14)17-4/h5-9H2,1-4H3. The van der Waals surface area contributed by atoms with Crippen LogP contribution in [-0.2, 0) is 24.5 Å². The summed E-state index contributed by atoms with van der Waals surface area (Å²) in [5.74, 6) is -0.427. The van der Waals surface area contributed by atoms with Crippen molar-refractivity contribution in [2.45, 2.75) is 25.9 Å². The second-order valence-electron chi connectivity index (χ2n) is 5.10. The zero-order valence-electron chi connectivity index (χ0n) is 11.9. The van der Waals surface area contributed by atoms with Crippen molar-refractivity contribution in [3.8, 4) is 0 Å². The van der Waals surface area contributed by atoms with Crippen LogP contribution < -0.4 is 0 Å². The minimum Gasteiger partial charge on any atom is -0.469 e. The molecule has 0 spiro atoms. The fraction of sp³-hybridized carbons (Fsp3) is 0.909. The van der Waals surface area contributed by atoms with Crippen molar-refractivity contribution in [1.82, 2.24) is 8.61 Å². The number of ether oxygens (including phenoxy) is 2. The molecular weight excluding hydrogens is 272 g/mol. The van der Waals surface area contributed by atoms with Gasteiger partial charge in [0.15, 0.2) is 0 Å². The first-order valence-corrected chi connectivity index (χ1v) is 7.51. The summed E-state index contributed by atoms with van der Waals surface area (Å²) in [4.78, 5) is 11.0. The van der Waals surface area contributed by atoms with E-state index in [0.29, 0.717) is 19.7 Å². The summed E-state index contributed by atoms with van der Waals surface area (Å²) < 4.78 is 37.2. The minimum absolute atomic E-state index is 0.0416. The zero-order valence-corrected chi connectivity index (χ0v) is 12.7. The van der Waals surface area contributed by atoms with E-state index in [1.54, 1.807) is 0 Å². The van der Waals surface area contributed by atoms with Crippen LogP contribution in [-0.4, -0.2) is 69.0 Å². The number of esters is 1. The molecule has 1 fully saturated rings. The third kappa shape index (κ3) is 4.41. The van der Waals surface area contributed by atoms with Gasteiger partial charge in [-0.25, -0.2) is 0 Å². The SMILES string of the molecule is COC(=O)CCN(C)S(=O)(=O)N1CCOC(C)(C)C1. The van der Waals surface area contributed by atoms with Gasteiger partial charge in [0.05, 0.1) is 25.7 Å². The van der Waals surface area contributed by atoms with Crippen LogP contribution in [0.5, 0.6) is 0 Å². The molecule has 0 saturated carbocycles. The summed E-state index contributed by atoms with van der Waals surface area (Å²) in [6.07, 6.45) is 0.0416. The van der Waals surface area contributed by atoms with E-state index in [0.717, 1.165) is 0 Å². The van der Waals surface area contributed by atoms with Crippen LogP contribution in [0.15, 0.2) is 0 Å². The van der Waals surface area contributed by atoms with Gasteiger partial charge in [-0.1, -0.05) is 0 Å². The Hall–Kier alpha value is -0.700. The van der Waals surface area contributed by atoms with Gasteiger partial charge in [0, 0.05) is 26.7 Å². The first-order chi connectivity index (χ1) is 8.69. The number of hydrogen-bond donors (Lipinski definition) is 0. The lowest BCUT2D eigenvalue weighted by molar-refractivity contribution is -0.140. The Bertz CT molecular complexity index is 421. The van der Waals surface area contributed by atoms with Crippen molar-refractivity contribution in [2.24, 2.45) is 0 Å². The van der Waals surface area contributed by atoms with Gasteiger partial charge in [-0.3, -0.25) is 4.79 Å². The summed E-state index contributed by atoms with van der Waals surface area (Å²) in [5, 5.41) is 0. The van der Waals surface area contributed by atoms with Crippen LogP contribution >= 0.6 is 0 Å². The molecule has 0 bridgehead atoms. The largest absolute Gasteiger partial charge is 0.469 e. The summed E-state index contributed by atoms with van der Waals surface area (Å²) in [7, 11) is -0.820. The Morgan fingerprint density at radius 1 is 1.47 bits per heavy atom. The molecule has 1 rings (SSSR count). The second kappa shape index (κ2) is 6.17. The smallest absolute Gasteiger partial charge is 0.306 e. The Morgan fingerprint density at radius 3 is 2.63 bits per heavy atom. The summed E-state index contributed by atoms with van der Waals surface area (Å²) in [6, 6.07) is 0. The van der Waals surface area contributed by atoms with Crippen molar-refractivity contribution in [2.75, 3.05) is 40.4 Å². The fourth-order valence-electron chi connectivity index (χ4n) is 1.83. The van der Waals surface area contributed by atoms with Crippen LogP contribution in [0.3, 0.4) is 0 Å². The molecule has 0 amide bonds. The lowest BCUT2D eigenvalue weighted by atomic mass is 10.1. The van der Waals surface area contributed by atoms with E-state index in [2.05, 4.69) is 4.74 Å². The molecule has 0 unspecified atom stereocenters. The number of morpholine rings is 1. The third-order valence-corrected chi connectivity index (χ3v) is 4.90. The van der Waals surface area contributed by atoms with Crippen molar-refractivity contribution in [3.05, 3.63) is 0 Å². The molecule has 0 aromatic carbocycles. The number of nitrogens with zero attached hydrogens (tertiary/aromatic N) is 2. The van der Waals surface area contributed by atoms with Crippen molar-refractivity contribution in [3.63, 3.8) is 0 Å². The summed E-state index contributed by atoms with van der Waals surface area (Å²) >= 11 is 0. The maximum Gasteiger partial charge on any atom is 0.306 e. The first-order valence-electron chi connectivity index (χ1n) is 6.11. The predicted molar refractivity (Wildman–Crippen MR) is 69.8 cm³/mol. The number of carbonyl (C=O) groups excluding carboxylic acids is 1. The van der Waals surface area contributed by atoms with E-state index in [1.165, 1.54) is 22.8 Å². The summed E-state index contributed by atoms with van der Waals surface area (Å²) in [5.41, 5.74) is -0.492. The van der Waals surface area contributed by atoms with Crippen LogP contribution in [0.2, 0.25) is 0 Å². The van der Waals surface area contributed by atoms with Gasteiger partial charge in [0.2, 0.25) is 0 Å². The average Bonchev–Trinajstić information content (AvgIpc) is 2.34. The van der Waals surface area contributed by atoms with Crippen LogP contribution in [0.1, 0.15) is 20.3 Å². The highest BCUT2D eigenvalue weighted by molar-refractivity contribution is 7.86. The quantitative estimate of drug-likeness (QED) is 0.658. The first kappa shape index (κ1) is 16.4. The number of rotatable bonds is 5. The number of hydrogen-bond acceptors (Lipinski definition) is 5. The lowest BCUT2D eigenvalue weighted by Gasteiger charge is -2.38. The Labute approximate surface area is 114 Å². The fourth-order valence-corrected chi connectivity index (χ4v) is 3.33. The van der Waals surface area contributed by atoms with Gasteiger partial charge < -0.3 is 9.47 Å². The molecular formula is C11H22N2O5S. The second-order valence-corrected chi connectivity index (χ2v) is 7.13. The van der Waals surface area contributed by atoms with Crippen molar-refractivity contribution >= 4 is 16.2 Å². The van der Waals surface area contributed by atoms with Crippen LogP contribution in [0.25, 0.3) is 0 Å². The number of methoxy groups -OCH3 is 1. The maximum absolute atomic E-state index is 12.3.